The molecular formula is C22H21F3N4O. The third-order valence-corrected chi connectivity index (χ3v) is 4.47. The van der Waals surface area contributed by atoms with Crippen molar-refractivity contribution in [1.82, 2.24) is 15.0 Å². The third kappa shape index (κ3) is 5.00. The largest absolute Gasteiger partial charge is 0.418 e. The highest BCUT2D eigenvalue weighted by Crippen LogP contribution is 2.32. The van der Waals surface area contributed by atoms with E-state index in [1.54, 1.807) is 0 Å². The number of carbonyl (C=O) groups is 1. The molecule has 0 atom stereocenters. The molecule has 8 heteroatoms. The molecule has 3 rings (SSSR count). The number of alkyl halides is 3. The lowest BCUT2D eigenvalue weighted by atomic mass is 10.0. The molecule has 0 spiro atoms. The summed E-state index contributed by atoms with van der Waals surface area (Å²) < 4.78 is 39.4. The van der Waals surface area contributed by atoms with Crippen LogP contribution >= 0.6 is 0 Å². The Labute approximate surface area is 172 Å². The van der Waals surface area contributed by atoms with Crippen molar-refractivity contribution >= 4 is 17.4 Å². The van der Waals surface area contributed by atoms with Gasteiger partial charge in [0.1, 0.15) is 0 Å². The van der Waals surface area contributed by atoms with Gasteiger partial charge >= 0.3 is 6.18 Å². The lowest BCUT2D eigenvalue weighted by Crippen LogP contribution is -2.14. The number of nitrogens with zero attached hydrogens (tertiary/aromatic N) is 3. The van der Waals surface area contributed by atoms with E-state index in [0.29, 0.717) is 12.1 Å². The number of rotatable bonds is 6. The summed E-state index contributed by atoms with van der Waals surface area (Å²) in [7, 11) is 0. The summed E-state index contributed by atoms with van der Waals surface area (Å²) in [5.41, 5.74) is 1.44. The fraction of sp³-hybridized carbons (Fsp3) is 0.273. The summed E-state index contributed by atoms with van der Waals surface area (Å²) >= 11 is 0. The summed E-state index contributed by atoms with van der Waals surface area (Å²) in [6.45, 7) is 6.27. The smallest absolute Gasteiger partial charge is 0.324 e. The van der Waals surface area contributed by atoms with E-state index in [1.165, 1.54) is 18.0 Å². The van der Waals surface area contributed by atoms with Crippen LogP contribution in [0.3, 0.4) is 0 Å². The number of hydrogen-bond donors (Lipinski definition) is 1. The highest BCUT2D eigenvalue weighted by Gasteiger charge is 2.35. The molecule has 0 aliphatic heterocycles. The van der Waals surface area contributed by atoms with E-state index in [1.807, 2.05) is 19.1 Å². The number of nitrogens with one attached hydrogen (secondary N) is 1. The molecule has 1 aromatic carbocycles. The summed E-state index contributed by atoms with van der Waals surface area (Å²) in [6.07, 6.45) is 0.492. The maximum atomic E-state index is 13.1. The minimum absolute atomic E-state index is 0.0405. The summed E-state index contributed by atoms with van der Waals surface area (Å²) in [5.74, 6) is -0.0163. The topological polar surface area (TPSA) is 67.8 Å². The number of aryl methyl sites for hydroxylation is 1. The number of benzene rings is 1. The summed E-state index contributed by atoms with van der Waals surface area (Å²) in [4.78, 5) is 24.2. The van der Waals surface area contributed by atoms with Crippen LogP contribution in [-0.2, 0) is 12.6 Å². The van der Waals surface area contributed by atoms with Gasteiger partial charge in [0.2, 0.25) is 5.95 Å². The van der Waals surface area contributed by atoms with E-state index in [4.69, 9.17) is 0 Å². The molecule has 3 aromatic rings. The second-order valence-electron chi connectivity index (χ2n) is 7.42. The van der Waals surface area contributed by atoms with Crippen molar-refractivity contribution in [2.24, 2.45) is 5.92 Å². The van der Waals surface area contributed by atoms with Crippen molar-refractivity contribution in [2.75, 3.05) is 5.32 Å². The van der Waals surface area contributed by atoms with Crippen LogP contribution in [0.25, 0.3) is 0 Å². The van der Waals surface area contributed by atoms with Crippen LogP contribution in [0, 0.1) is 12.8 Å². The van der Waals surface area contributed by atoms with Crippen LogP contribution in [0.1, 0.15) is 46.5 Å². The Hall–Kier alpha value is -3.29. The lowest BCUT2D eigenvalue weighted by molar-refractivity contribution is -0.138. The molecule has 0 aliphatic carbocycles. The second-order valence-corrected chi connectivity index (χ2v) is 7.42. The van der Waals surface area contributed by atoms with Crippen LogP contribution in [0.2, 0.25) is 0 Å². The Morgan fingerprint density at radius 3 is 2.40 bits per heavy atom. The molecular weight excluding hydrogens is 393 g/mol. The van der Waals surface area contributed by atoms with Crippen LogP contribution in [0.5, 0.6) is 0 Å². The van der Waals surface area contributed by atoms with E-state index in [-0.39, 0.29) is 11.5 Å². The molecule has 0 aliphatic rings. The van der Waals surface area contributed by atoms with Gasteiger partial charge < -0.3 is 5.32 Å². The van der Waals surface area contributed by atoms with Gasteiger partial charge in [0.15, 0.2) is 5.78 Å². The molecule has 0 saturated heterocycles. The number of aromatic nitrogens is 3. The normalized spacial score (nSPS) is 11.6. The molecule has 2 aromatic heterocycles. The monoisotopic (exact) mass is 414 g/mol. The molecule has 30 heavy (non-hydrogen) atoms. The Kier molecular flexibility index (Phi) is 6.14. The molecule has 2 heterocycles. The third-order valence-electron chi connectivity index (χ3n) is 4.47. The molecule has 0 radical (unpaired) electrons. The van der Waals surface area contributed by atoms with E-state index >= 15 is 0 Å². The zero-order valence-electron chi connectivity index (χ0n) is 16.8. The maximum absolute atomic E-state index is 13.1. The molecule has 1 N–H and O–H groups in total. The van der Waals surface area contributed by atoms with Gasteiger partial charge in [-0.25, -0.2) is 9.97 Å². The Bertz CT molecular complexity index is 1050. The van der Waals surface area contributed by atoms with Crippen molar-refractivity contribution < 1.29 is 18.0 Å². The molecule has 0 amide bonds. The lowest BCUT2D eigenvalue weighted by Gasteiger charge is -2.12. The Morgan fingerprint density at radius 1 is 1.10 bits per heavy atom. The minimum atomic E-state index is -4.68. The van der Waals surface area contributed by atoms with E-state index in [0.717, 1.165) is 29.9 Å². The second kappa shape index (κ2) is 8.61. The number of pyridine rings is 1. The van der Waals surface area contributed by atoms with Gasteiger partial charge in [-0.05, 0) is 42.5 Å². The van der Waals surface area contributed by atoms with Gasteiger partial charge in [-0.1, -0.05) is 26.0 Å². The van der Waals surface area contributed by atoms with Gasteiger partial charge in [0.25, 0.3) is 0 Å². The van der Waals surface area contributed by atoms with Crippen LogP contribution < -0.4 is 5.32 Å². The average molecular weight is 414 g/mol. The number of anilines is 2. The number of carbonyl (C=O) groups excluding carboxylic acids is 1. The number of halogens is 3. The van der Waals surface area contributed by atoms with Crippen molar-refractivity contribution in [3.8, 4) is 0 Å². The fourth-order valence-electron chi connectivity index (χ4n) is 3.07. The minimum Gasteiger partial charge on any atom is -0.324 e. The van der Waals surface area contributed by atoms with Crippen molar-refractivity contribution in [3.63, 3.8) is 0 Å². The zero-order chi connectivity index (χ0) is 21.9. The average Bonchev–Trinajstić information content (AvgIpc) is 2.69. The molecule has 0 fully saturated rings. The highest BCUT2D eigenvalue weighted by atomic mass is 19.4. The fourth-order valence-corrected chi connectivity index (χ4v) is 3.07. The quantitative estimate of drug-likeness (QED) is 0.549. The first-order chi connectivity index (χ1) is 14.1. The Balaban J connectivity index is 1.79. The van der Waals surface area contributed by atoms with Crippen LogP contribution in [-0.4, -0.2) is 20.7 Å². The summed E-state index contributed by atoms with van der Waals surface area (Å²) in [6, 6.07) is 7.08. The summed E-state index contributed by atoms with van der Waals surface area (Å²) in [5, 5.41) is 3.07. The highest BCUT2D eigenvalue weighted by molar-refractivity contribution is 6.09. The van der Waals surface area contributed by atoms with Crippen LogP contribution in [0.4, 0.5) is 24.8 Å². The van der Waals surface area contributed by atoms with Gasteiger partial charge in [-0.2, -0.15) is 13.2 Å². The number of hydrogen-bond acceptors (Lipinski definition) is 5. The van der Waals surface area contributed by atoms with E-state index in [9.17, 15) is 18.0 Å². The molecule has 156 valence electrons. The first-order valence-corrected chi connectivity index (χ1v) is 9.39. The first-order valence-electron chi connectivity index (χ1n) is 9.39. The van der Waals surface area contributed by atoms with Crippen molar-refractivity contribution in [2.45, 2.75) is 33.4 Å². The zero-order valence-corrected chi connectivity index (χ0v) is 16.8. The SMILES string of the molecule is Cc1cc(CC(C)C)ccc1Nc1ncc(C(=O)c2ccncc2C(F)(F)F)cn1. The van der Waals surface area contributed by atoms with E-state index < -0.39 is 23.1 Å². The predicted octanol–water partition coefficient (Wildman–Crippen LogP) is 5.37. The van der Waals surface area contributed by atoms with Crippen LogP contribution in [0.15, 0.2) is 49.1 Å². The van der Waals surface area contributed by atoms with Gasteiger partial charge in [-0.15, -0.1) is 0 Å². The molecule has 0 unspecified atom stereocenters. The predicted molar refractivity (Wildman–Crippen MR) is 108 cm³/mol. The maximum Gasteiger partial charge on any atom is 0.418 e. The van der Waals surface area contributed by atoms with Crippen molar-refractivity contribution in [1.29, 1.82) is 0 Å². The standard InChI is InChI=1S/C22H21F3N4O/c1-13(2)8-15-4-5-19(14(3)9-15)29-21-27-10-16(11-28-21)20(30)17-6-7-26-12-18(17)22(23,24)25/h4-7,9-13H,8H2,1-3H3,(H,27,28,29). The van der Waals surface area contributed by atoms with Gasteiger partial charge in [0, 0.05) is 36.0 Å². The van der Waals surface area contributed by atoms with Crippen molar-refractivity contribution in [3.05, 3.63) is 76.9 Å². The molecule has 0 saturated carbocycles. The Morgan fingerprint density at radius 2 is 1.80 bits per heavy atom. The van der Waals surface area contributed by atoms with Gasteiger partial charge in [-0.3, -0.25) is 9.78 Å². The molecule has 5 nitrogen and oxygen atoms in total. The van der Waals surface area contributed by atoms with Gasteiger partial charge in [0.05, 0.1) is 11.1 Å². The molecule has 0 bridgehead atoms. The van der Waals surface area contributed by atoms with E-state index in [2.05, 4.69) is 40.2 Å². The number of ketones is 1. The first kappa shape index (κ1) is 21.4.